The molecule has 1 aromatic rings. The van der Waals surface area contributed by atoms with Gasteiger partial charge >= 0.3 is 6.09 Å². The van der Waals surface area contributed by atoms with Gasteiger partial charge < -0.3 is 15.4 Å². The van der Waals surface area contributed by atoms with Crippen molar-refractivity contribution in [3.63, 3.8) is 0 Å². The van der Waals surface area contributed by atoms with Gasteiger partial charge in [-0.25, -0.2) is 9.18 Å². The number of likely N-dealkylation sites (tertiary alicyclic amines) is 1. The van der Waals surface area contributed by atoms with E-state index in [-0.39, 0.29) is 23.9 Å². The molecule has 2 atom stereocenters. The summed E-state index contributed by atoms with van der Waals surface area (Å²) in [4.78, 5) is 13.7. The molecule has 0 saturated carbocycles. The molecule has 2 unspecified atom stereocenters. The number of halogens is 1. The van der Waals surface area contributed by atoms with E-state index in [0.717, 1.165) is 5.56 Å². The molecule has 0 aliphatic carbocycles. The first-order valence-corrected chi connectivity index (χ1v) is 7.17. The molecule has 116 valence electrons. The van der Waals surface area contributed by atoms with Crippen molar-refractivity contribution in [2.45, 2.75) is 45.3 Å². The number of ether oxygens (including phenoxy) is 1. The van der Waals surface area contributed by atoms with Crippen molar-refractivity contribution in [2.75, 3.05) is 13.1 Å². The zero-order chi connectivity index (χ0) is 15.8. The van der Waals surface area contributed by atoms with E-state index in [0.29, 0.717) is 18.7 Å². The summed E-state index contributed by atoms with van der Waals surface area (Å²) in [5.74, 6) is -0.303. The smallest absolute Gasteiger partial charge is 0.410 e. The molecule has 4 nitrogen and oxygen atoms in total. The molecule has 2 rings (SSSR count). The predicted molar refractivity (Wildman–Crippen MR) is 79.7 cm³/mol. The first-order valence-electron chi connectivity index (χ1n) is 7.17. The number of carbonyl (C=O) groups is 1. The molecule has 0 aromatic heterocycles. The van der Waals surface area contributed by atoms with Crippen LogP contribution in [-0.2, 0) is 4.74 Å². The summed E-state index contributed by atoms with van der Waals surface area (Å²) in [5.41, 5.74) is 7.02. The van der Waals surface area contributed by atoms with Crippen molar-refractivity contribution in [1.29, 1.82) is 0 Å². The maximum Gasteiger partial charge on any atom is 0.410 e. The van der Waals surface area contributed by atoms with Gasteiger partial charge in [0.05, 0.1) is 0 Å². The van der Waals surface area contributed by atoms with E-state index in [4.69, 9.17) is 10.5 Å². The number of rotatable bonds is 1. The fourth-order valence-corrected chi connectivity index (χ4v) is 2.50. The van der Waals surface area contributed by atoms with Gasteiger partial charge in [-0.15, -0.1) is 0 Å². The van der Waals surface area contributed by atoms with Crippen LogP contribution in [0.25, 0.3) is 0 Å². The second-order valence-corrected chi connectivity index (χ2v) is 6.66. The minimum Gasteiger partial charge on any atom is -0.444 e. The molecule has 0 spiro atoms. The Morgan fingerprint density at radius 1 is 1.38 bits per heavy atom. The lowest BCUT2D eigenvalue weighted by Gasteiger charge is -2.24. The Morgan fingerprint density at radius 2 is 2.05 bits per heavy atom. The summed E-state index contributed by atoms with van der Waals surface area (Å²) < 4.78 is 19.0. The van der Waals surface area contributed by atoms with E-state index in [1.807, 2.05) is 26.8 Å². The number of hydrogen-bond acceptors (Lipinski definition) is 3. The third-order valence-corrected chi connectivity index (χ3v) is 3.64. The molecular formula is C16H23FN2O2. The quantitative estimate of drug-likeness (QED) is 0.866. The van der Waals surface area contributed by atoms with Gasteiger partial charge in [-0.1, -0.05) is 12.1 Å². The number of nitrogens with two attached hydrogens (primary N) is 1. The highest BCUT2D eigenvalue weighted by atomic mass is 19.1. The molecule has 0 bridgehead atoms. The van der Waals surface area contributed by atoms with Gasteiger partial charge in [0.1, 0.15) is 11.4 Å². The standard InChI is InChI=1S/C16H23FN2O2/c1-10-5-6-11(7-13(10)17)12-8-19(9-14(12)18)15(20)21-16(2,3)4/h5-7,12,14H,8-9,18H2,1-4H3. The van der Waals surface area contributed by atoms with E-state index >= 15 is 0 Å². The average molecular weight is 294 g/mol. The van der Waals surface area contributed by atoms with Gasteiger partial charge in [0, 0.05) is 25.0 Å². The summed E-state index contributed by atoms with van der Waals surface area (Å²) in [6.45, 7) is 8.09. The van der Waals surface area contributed by atoms with E-state index in [2.05, 4.69) is 0 Å². The van der Waals surface area contributed by atoms with Crippen LogP contribution >= 0.6 is 0 Å². The second kappa shape index (κ2) is 5.64. The summed E-state index contributed by atoms with van der Waals surface area (Å²) in [7, 11) is 0. The van der Waals surface area contributed by atoms with Crippen molar-refractivity contribution in [3.8, 4) is 0 Å². The summed E-state index contributed by atoms with van der Waals surface area (Å²) >= 11 is 0. The lowest BCUT2D eigenvalue weighted by Crippen LogP contribution is -2.36. The van der Waals surface area contributed by atoms with Gasteiger partial charge in [-0.3, -0.25) is 0 Å². The molecule has 1 aromatic carbocycles. The SMILES string of the molecule is Cc1ccc(C2CN(C(=O)OC(C)(C)C)CC2N)cc1F. The van der Waals surface area contributed by atoms with E-state index in [9.17, 15) is 9.18 Å². The van der Waals surface area contributed by atoms with Crippen LogP contribution in [0.2, 0.25) is 0 Å². The third kappa shape index (κ3) is 3.73. The van der Waals surface area contributed by atoms with Crippen LogP contribution in [0.1, 0.15) is 37.8 Å². The molecule has 1 aliphatic rings. The number of carbonyl (C=O) groups excluding carboxylic acids is 1. The Hall–Kier alpha value is -1.62. The Bertz CT molecular complexity index is 540. The van der Waals surface area contributed by atoms with E-state index in [1.54, 1.807) is 17.9 Å². The molecule has 1 aliphatic heterocycles. The van der Waals surface area contributed by atoms with Gasteiger partial charge in [-0.2, -0.15) is 0 Å². The van der Waals surface area contributed by atoms with Crippen molar-refractivity contribution in [3.05, 3.63) is 35.1 Å². The maximum absolute atomic E-state index is 13.7. The maximum atomic E-state index is 13.7. The molecule has 1 saturated heterocycles. The molecule has 1 amide bonds. The summed E-state index contributed by atoms with van der Waals surface area (Å²) in [5, 5.41) is 0. The topological polar surface area (TPSA) is 55.6 Å². The third-order valence-electron chi connectivity index (χ3n) is 3.64. The van der Waals surface area contributed by atoms with Crippen molar-refractivity contribution < 1.29 is 13.9 Å². The van der Waals surface area contributed by atoms with E-state index in [1.165, 1.54) is 6.07 Å². The first-order chi connectivity index (χ1) is 9.67. The van der Waals surface area contributed by atoms with Crippen molar-refractivity contribution >= 4 is 6.09 Å². The van der Waals surface area contributed by atoms with Gasteiger partial charge in [-0.05, 0) is 44.9 Å². The molecule has 1 heterocycles. The minimum absolute atomic E-state index is 0.0624. The second-order valence-electron chi connectivity index (χ2n) is 6.66. The Labute approximate surface area is 125 Å². The fourth-order valence-electron chi connectivity index (χ4n) is 2.50. The summed E-state index contributed by atoms with van der Waals surface area (Å²) in [6, 6.07) is 4.92. The van der Waals surface area contributed by atoms with Crippen LogP contribution in [0, 0.1) is 12.7 Å². The molecular weight excluding hydrogens is 271 g/mol. The first kappa shape index (κ1) is 15.8. The number of amides is 1. The highest BCUT2D eigenvalue weighted by molar-refractivity contribution is 5.69. The minimum atomic E-state index is -0.533. The molecule has 1 fully saturated rings. The lowest BCUT2D eigenvalue weighted by molar-refractivity contribution is 0.0290. The Morgan fingerprint density at radius 3 is 2.62 bits per heavy atom. The molecule has 21 heavy (non-hydrogen) atoms. The lowest BCUT2D eigenvalue weighted by atomic mass is 9.94. The Balaban J connectivity index is 2.10. The highest BCUT2D eigenvalue weighted by Crippen LogP contribution is 2.28. The van der Waals surface area contributed by atoms with Gasteiger partial charge in [0.15, 0.2) is 0 Å². The number of aryl methyl sites for hydroxylation is 1. The largest absolute Gasteiger partial charge is 0.444 e. The van der Waals surface area contributed by atoms with Crippen LogP contribution in [0.3, 0.4) is 0 Å². The normalized spacial score (nSPS) is 22.5. The molecule has 5 heteroatoms. The van der Waals surface area contributed by atoms with Crippen LogP contribution in [0.5, 0.6) is 0 Å². The number of benzene rings is 1. The van der Waals surface area contributed by atoms with Crippen LogP contribution < -0.4 is 5.73 Å². The highest BCUT2D eigenvalue weighted by Gasteiger charge is 2.36. The van der Waals surface area contributed by atoms with E-state index < -0.39 is 5.60 Å². The van der Waals surface area contributed by atoms with Crippen LogP contribution in [-0.4, -0.2) is 35.7 Å². The monoisotopic (exact) mass is 294 g/mol. The van der Waals surface area contributed by atoms with Crippen molar-refractivity contribution in [2.24, 2.45) is 5.73 Å². The predicted octanol–water partition coefficient (Wildman–Crippen LogP) is 2.80. The van der Waals surface area contributed by atoms with Crippen LogP contribution in [0.4, 0.5) is 9.18 Å². The number of hydrogen-bond donors (Lipinski definition) is 1. The number of nitrogens with zero attached hydrogens (tertiary/aromatic N) is 1. The Kier molecular flexibility index (Phi) is 4.23. The average Bonchev–Trinajstić information content (AvgIpc) is 2.73. The van der Waals surface area contributed by atoms with Gasteiger partial charge in [0.2, 0.25) is 0 Å². The fraction of sp³-hybridized carbons (Fsp3) is 0.562. The van der Waals surface area contributed by atoms with Crippen LogP contribution in [0.15, 0.2) is 18.2 Å². The zero-order valence-electron chi connectivity index (χ0n) is 13.0. The van der Waals surface area contributed by atoms with Crippen molar-refractivity contribution in [1.82, 2.24) is 4.90 Å². The summed E-state index contributed by atoms with van der Waals surface area (Å²) in [6.07, 6.45) is -0.368. The zero-order valence-corrected chi connectivity index (χ0v) is 13.0. The molecule has 0 radical (unpaired) electrons. The van der Waals surface area contributed by atoms with Gasteiger partial charge in [0.25, 0.3) is 0 Å². The molecule has 2 N–H and O–H groups in total.